The lowest BCUT2D eigenvalue weighted by Crippen LogP contribution is -2.02. The van der Waals surface area contributed by atoms with E-state index in [1.54, 1.807) is 0 Å². The van der Waals surface area contributed by atoms with Crippen LogP contribution in [0.1, 0.15) is 71.1 Å². The molecular weight excluding hydrogens is 271 g/mol. The summed E-state index contributed by atoms with van der Waals surface area (Å²) < 4.78 is 0. The molecule has 2 nitrogen and oxygen atoms in total. The van der Waals surface area contributed by atoms with Crippen molar-refractivity contribution in [2.75, 3.05) is 0 Å². The summed E-state index contributed by atoms with van der Waals surface area (Å²) in [6.45, 7) is 1.88. The van der Waals surface area contributed by atoms with Crippen molar-refractivity contribution in [3.8, 4) is 0 Å². The Morgan fingerprint density at radius 3 is 1.72 bits per heavy atom. The van der Waals surface area contributed by atoms with Gasteiger partial charge in [0.25, 0.3) is 0 Å². The van der Waals surface area contributed by atoms with Crippen molar-refractivity contribution in [1.82, 2.24) is 0 Å². The van der Waals surface area contributed by atoms with Crippen LogP contribution in [0.4, 0.5) is 0 Å². The summed E-state index contributed by atoms with van der Waals surface area (Å²) in [4.78, 5) is 21.3. The Hall–Kier alpha value is -0.0800. The fourth-order valence-corrected chi connectivity index (χ4v) is 2.13. The highest BCUT2D eigenvalue weighted by molar-refractivity contribution is 6.64. The molecule has 0 saturated heterocycles. The van der Waals surface area contributed by atoms with E-state index in [9.17, 15) is 9.59 Å². The Balaban J connectivity index is 3.12. The molecule has 0 aliphatic carbocycles. The molecular formula is C14H24Cl2O2. The molecule has 0 saturated carbocycles. The summed E-state index contributed by atoms with van der Waals surface area (Å²) in [7, 11) is 0. The zero-order valence-corrected chi connectivity index (χ0v) is 12.7. The number of carbonyl (C=O) groups excluding carboxylic acids is 2. The van der Waals surface area contributed by atoms with E-state index in [0.717, 1.165) is 25.7 Å². The minimum absolute atomic E-state index is 0.000226. The Morgan fingerprint density at radius 1 is 0.833 bits per heavy atom. The van der Waals surface area contributed by atoms with Crippen molar-refractivity contribution in [2.45, 2.75) is 71.1 Å². The maximum atomic E-state index is 10.8. The third-order valence-corrected chi connectivity index (χ3v) is 3.71. The van der Waals surface area contributed by atoms with Crippen LogP contribution in [0, 0.1) is 5.92 Å². The van der Waals surface area contributed by atoms with Crippen LogP contribution in [0.15, 0.2) is 0 Å². The fourth-order valence-electron chi connectivity index (χ4n) is 1.89. The lowest BCUT2D eigenvalue weighted by Gasteiger charge is -2.05. The molecule has 0 aliphatic heterocycles. The number of halogens is 2. The molecule has 0 aromatic carbocycles. The molecule has 0 aromatic rings. The smallest absolute Gasteiger partial charge is 0.224 e. The molecule has 0 heterocycles. The normalized spacial score (nSPS) is 12.4. The van der Waals surface area contributed by atoms with Crippen LogP contribution in [-0.2, 0) is 9.59 Å². The van der Waals surface area contributed by atoms with Crippen molar-refractivity contribution >= 4 is 33.7 Å². The van der Waals surface area contributed by atoms with Gasteiger partial charge in [-0.15, -0.1) is 0 Å². The SMILES string of the molecule is CC(CCCCCCCCCCC(=O)Cl)C(=O)Cl. The van der Waals surface area contributed by atoms with E-state index in [0.29, 0.717) is 6.42 Å². The Bertz CT molecular complexity index is 242. The van der Waals surface area contributed by atoms with E-state index in [2.05, 4.69) is 0 Å². The lowest BCUT2D eigenvalue weighted by molar-refractivity contribution is -0.115. The maximum Gasteiger partial charge on any atom is 0.224 e. The van der Waals surface area contributed by atoms with Crippen LogP contribution >= 0.6 is 23.2 Å². The molecule has 0 aromatic heterocycles. The number of hydrogen-bond donors (Lipinski definition) is 0. The van der Waals surface area contributed by atoms with E-state index in [1.807, 2.05) is 6.92 Å². The number of hydrogen-bond acceptors (Lipinski definition) is 2. The minimum Gasteiger partial charge on any atom is -0.281 e. The first kappa shape index (κ1) is 17.9. The van der Waals surface area contributed by atoms with Gasteiger partial charge in [-0.3, -0.25) is 9.59 Å². The molecule has 0 bridgehead atoms. The second kappa shape index (κ2) is 12.0. The largest absolute Gasteiger partial charge is 0.281 e. The van der Waals surface area contributed by atoms with Gasteiger partial charge in [0.2, 0.25) is 10.5 Å². The second-order valence-corrected chi connectivity index (χ2v) is 5.72. The van der Waals surface area contributed by atoms with Gasteiger partial charge in [0.1, 0.15) is 0 Å². The zero-order chi connectivity index (χ0) is 13.8. The number of unbranched alkanes of at least 4 members (excludes halogenated alkanes) is 7. The molecule has 1 unspecified atom stereocenters. The third-order valence-electron chi connectivity index (χ3n) is 3.15. The molecule has 0 fully saturated rings. The molecule has 0 amide bonds. The quantitative estimate of drug-likeness (QED) is 0.373. The molecule has 4 heteroatoms. The van der Waals surface area contributed by atoms with Crippen LogP contribution < -0.4 is 0 Å². The van der Waals surface area contributed by atoms with Gasteiger partial charge in [0.15, 0.2) is 0 Å². The van der Waals surface area contributed by atoms with Gasteiger partial charge in [-0.2, -0.15) is 0 Å². The summed E-state index contributed by atoms with van der Waals surface area (Å²) in [6.07, 6.45) is 10.5. The highest BCUT2D eigenvalue weighted by Gasteiger charge is 2.08. The van der Waals surface area contributed by atoms with Crippen LogP contribution in [0.2, 0.25) is 0 Å². The second-order valence-electron chi connectivity index (χ2n) is 4.93. The Kier molecular flexibility index (Phi) is 11.9. The molecule has 0 aliphatic rings. The van der Waals surface area contributed by atoms with E-state index < -0.39 is 0 Å². The van der Waals surface area contributed by atoms with Gasteiger partial charge in [-0.1, -0.05) is 51.9 Å². The first-order valence-electron chi connectivity index (χ1n) is 6.91. The van der Waals surface area contributed by atoms with Crippen LogP contribution in [0.25, 0.3) is 0 Å². The van der Waals surface area contributed by atoms with E-state index in [4.69, 9.17) is 23.2 Å². The lowest BCUT2D eigenvalue weighted by atomic mass is 10.0. The van der Waals surface area contributed by atoms with Gasteiger partial charge < -0.3 is 0 Å². The fraction of sp³-hybridized carbons (Fsp3) is 0.857. The standard InChI is InChI=1S/C14H24Cl2O2/c1-12(14(16)18)10-8-6-4-2-3-5-7-9-11-13(15)17/h12H,2-11H2,1H3. The van der Waals surface area contributed by atoms with Gasteiger partial charge in [0, 0.05) is 12.3 Å². The van der Waals surface area contributed by atoms with Crippen LogP contribution in [0.5, 0.6) is 0 Å². The first-order chi connectivity index (χ1) is 8.54. The van der Waals surface area contributed by atoms with Gasteiger partial charge in [0.05, 0.1) is 0 Å². The Morgan fingerprint density at radius 2 is 1.28 bits per heavy atom. The molecule has 18 heavy (non-hydrogen) atoms. The third kappa shape index (κ3) is 12.4. The van der Waals surface area contributed by atoms with E-state index >= 15 is 0 Å². The first-order valence-corrected chi connectivity index (χ1v) is 7.67. The van der Waals surface area contributed by atoms with E-state index in [1.165, 1.54) is 32.1 Å². The molecule has 0 N–H and O–H groups in total. The van der Waals surface area contributed by atoms with Crippen molar-refractivity contribution < 1.29 is 9.59 Å². The monoisotopic (exact) mass is 294 g/mol. The van der Waals surface area contributed by atoms with Crippen molar-refractivity contribution in [1.29, 1.82) is 0 Å². The highest BCUT2D eigenvalue weighted by atomic mass is 35.5. The number of carbonyl (C=O) groups is 2. The summed E-state index contributed by atoms with van der Waals surface area (Å²) in [5, 5.41) is -0.443. The summed E-state index contributed by atoms with van der Waals surface area (Å²) >= 11 is 10.6. The van der Waals surface area contributed by atoms with Crippen molar-refractivity contribution in [3.63, 3.8) is 0 Å². The molecule has 1 atom stereocenters. The zero-order valence-electron chi connectivity index (χ0n) is 11.2. The van der Waals surface area contributed by atoms with Crippen LogP contribution in [-0.4, -0.2) is 10.5 Å². The van der Waals surface area contributed by atoms with Gasteiger partial charge in [-0.05, 0) is 36.0 Å². The maximum absolute atomic E-state index is 10.8. The molecule has 0 rings (SSSR count). The summed E-state index contributed by atoms with van der Waals surface area (Å²) in [6, 6.07) is 0. The predicted molar refractivity (Wildman–Crippen MR) is 77.1 cm³/mol. The van der Waals surface area contributed by atoms with Crippen molar-refractivity contribution in [2.24, 2.45) is 5.92 Å². The van der Waals surface area contributed by atoms with Gasteiger partial charge in [-0.25, -0.2) is 0 Å². The molecule has 106 valence electrons. The van der Waals surface area contributed by atoms with Crippen LogP contribution in [0.3, 0.4) is 0 Å². The van der Waals surface area contributed by atoms with E-state index in [-0.39, 0.29) is 16.4 Å². The summed E-state index contributed by atoms with van der Waals surface area (Å²) in [5.74, 6) is -0.000226. The topological polar surface area (TPSA) is 34.1 Å². The number of rotatable bonds is 12. The predicted octanol–water partition coefficient (Wildman–Crippen LogP) is 5.05. The minimum atomic E-state index is -0.224. The Labute approximate surface area is 120 Å². The van der Waals surface area contributed by atoms with Crippen molar-refractivity contribution in [3.05, 3.63) is 0 Å². The average Bonchev–Trinajstić information content (AvgIpc) is 2.30. The molecule has 0 radical (unpaired) electrons. The van der Waals surface area contributed by atoms with Gasteiger partial charge >= 0.3 is 0 Å². The summed E-state index contributed by atoms with van der Waals surface area (Å²) in [5.41, 5.74) is 0. The molecule has 0 spiro atoms. The highest BCUT2D eigenvalue weighted by Crippen LogP contribution is 2.15. The average molecular weight is 295 g/mol.